The fourth-order valence-corrected chi connectivity index (χ4v) is 3.03. The zero-order chi connectivity index (χ0) is 21.0. The first-order chi connectivity index (χ1) is 13.9. The monoisotopic (exact) mass is 393 g/mol. The maximum absolute atomic E-state index is 12.2. The van der Waals surface area contributed by atoms with Crippen LogP contribution >= 0.6 is 0 Å². The van der Waals surface area contributed by atoms with Gasteiger partial charge < -0.3 is 14.5 Å². The highest BCUT2D eigenvalue weighted by molar-refractivity contribution is 5.90. The van der Waals surface area contributed by atoms with Crippen molar-refractivity contribution in [1.82, 2.24) is 5.32 Å². The topological polar surface area (TPSA) is 85.6 Å². The van der Waals surface area contributed by atoms with Gasteiger partial charge in [-0.05, 0) is 38.0 Å². The number of hydrogen-bond donors (Lipinski definition) is 1. The molecule has 0 fully saturated rings. The fourth-order valence-electron chi connectivity index (χ4n) is 3.03. The predicted molar refractivity (Wildman–Crippen MR) is 110 cm³/mol. The van der Waals surface area contributed by atoms with Crippen molar-refractivity contribution in [3.05, 3.63) is 81.2 Å². The van der Waals surface area contributed by atoms with E-state index in [-0.39, 0.29) is 17.2 Å². The third-order valence-electron chi connectivity index (χ3n) is 4.64. The summed E-state index contributed by atoms with van der Waals surface area (Å²) in [6.45, 7) is 5.36. The molecule has 0 unspecified atom stereocenters. The summed E-state index contributed by atoms with van der Waals surface area (Å²) in [4.78, 5) is 36.7. The molecule has 6 nitrogen and oxygen atoms in total. The van der Waals surface area contributed by atoms with Gasteiger partial charge >= 0.3 is 5.97 Å². The molecule has 150 valence electrons. The number of ether oxygens (including phenoxy) is 1. The fraction of sp³-hybridized carbons (Fsp3) is 0.261. The molecular formula is C23H23NO5. The molecule has 0 radical (unpaired) electrons. The number of nitrogens with one attached hydrogen (secondary N) is 1. The third-order valence-corrected chi connectivity index (χ3v) is 4.64. The number of carbonyl (C=O) groups excluding carboxylic acids is 2. The van der Waals surface area contributed by atoms with Gasteiger partial charge in [-0.1, -0.05) is 48.4 Å². The van der Waals surface area contributed by atoms with Crippen molar-refractivity contribution in [3.8, 4) is 0 Å². The number of carbonyl (C=O) groups is 2. The van der Waals surface area contributed by atoms with Crippen LogP contribution < -0.4 is 10.7 Å². The molecule has 1 heterocycles. The van der Waals surface area contributed by atoms with Crippen molar-refractivity contribution in [2.75, 3.05) is 6.61 Å². The normalized spacial score (nSPS) is 11.8. The molecule has 0 aliphatic rings. The Morgan fingerprint density at radius 3 is 2.41 bits per heavy atom. The van der Waals surface area contributed by atoms with Crippen LogP contribution in [0.15, 0.2) is 57.7 Å². The first-order valence-corrected chi connectivity index (χ1v) is 9.45. The molecule has 0 spiro atoms. The highest BCUT2D eigenvalue weighted by Gasteiger charge is 2.17. The highest BCUT2D eigenvalue weighted by atomic mass is 16.5. The molecule has 0 saturated heterocycles. The van der Waals surface area contributed by atoms with Gasteiger partial charge in [0.25, 0.3) is 5.91 Å². The molecule has 0 saturated carbocycles. The molecule has 3 rings (SSSR count). The summed E-state index contributed by atoms with van der Waals surface area (Å²) in [5, 5.41) is 3.24. The van der Waals surface area contributed by atoms with Gasteiger partial charge in [0.2, 0.25) is 5.76 Å². The molecule has 1 atom stereocenters. The molecule has 1 amide bonds. The first-order valence-electron chi connectivity index (χ1n) is 9.45. The largest absolute Gasteiger partial charge is 0.450 e. The molecule has 29 heavy (non-hydrogen) atoms. The predicted octanol–water partition coefficient (Wildman–Crippen LogP) is 3.83. The molecular weight excluding hydrogens is 370 g/mol. The van der Waals surface area contributed by atoms with E-state index in [9.17, 15) is 14.4 Å². The summed E-state index contributed by atoms with van der Waals surface area (Å²) in [6, 6.07) is 13.9. The Morgan fingerprint density at radius 1 is 1.03 bits per heavy atom. The minimum Gasteiger partial charge on any atom is -0.450 e. The van der Waals surface area contributed by atoms with Gasteiger partial charge in [0, 0.05) is 6.07 Å². The van der Waals surface area contributed by atoms with Crippen LogP contribution in [-0.4, -0.2) is 18.5 Å². The third kappa shape index (κ3) is 4.90. The Hall–Kier alpha value is -3.41. The van der Waals surface area contributed by atoms with Crippen LogP contribution in [0, 0.1) is 13.8 Å². The number of hydrogen-bond acceptors (Lipinski definition) is 5. The SMILES string of the molecule is CC[C@H](NC(=O)COC(=O)c1cc(=O)c2cc(C)ccc2o1)c1ccc(C)cc1. The average Bonchev–Trinajstić information content (AvgIpc) is 2.71. The van der Waals surface area contributed by atoms with Gasteiger partial charge in [0.15, 0.2) is 12.0 Å². The van der Waals surface area contributed by atoms with Crippen LogP contribution in [0.25, 0.3) is 11.0 Å². The van der Waals surface area contributed by atoms with Crippen molar-refractivity contribution < 1.29 is 18.7 Å². The highest BCUT2D eigenvalue weighted by Crippen LogP contribution is 2.17. The molecule has 2 aromatic carbocycles. The van der Waals surface area contributed by atoms with Crippen LogP contribution in [0.1, 0.15) is 46.6 Å². The number of benzene rings is 2. The number of esters is 1. The van der Waals surface area contributed by atoms with Crippen LogP contribution in [0.3, 0.4) is 0 Å². The van der Waals surface area contributed by atoms with E-state index >= 15 is 0 Å². The summed E-state index contributed by atoms with van der Waals surface area (Å²) < 4.78 is 10.5. The van der Waals surface area contributed by atoms with E-state index in [1.807, 2.05) is 45.0 Å². The van der Waals surface area contributed by atoms with E-state index in [0.29, 0.717) is 17.4 Å². The molecule has 0 aliphatic carbocycles. The van der Waals surface area contributed by atoms with Gasteiger partial charge in [-0.3, -0.25) is 9.59 Å². The zero-order valence-electron chi connectivity index (χ0n) is 16.7. The van der Waals surface area contributed by atoms with Crippen LogP contribution in [0.2, 0.25) is 0 Å². The molecule has 1 N–H and O–H groups in total. The Balaban J connectivity index is 1.64. The lowest BCUT2D eigenvalue weighted by atomic mass is 10.0. The molecule has 1 aromatic heterocycles. The van der Waals surface area contributed by atoms with E-state index in [0.717, 1.165) is 22.8 Å². The Bertz CT molecular complexity index is 1100. The second-order valence-corrected chi connectivity index (χ2v) is 6.99. The first kappa shape index (κ1) is 20.3. The number of amides is 1. The van der Waals surface area contributed by atoms with Crippen molar-refractivity contribution in [2.24, 2.45) is 0 Å². The molecule has 3 aromatic rings. The van der Waals surface area contributed by atoms with E-state index in [1.54, 1.807) is 18.2 Å². The van der Waals surface area contributed by atoms with Gasteiger partial charge in [0.05, 0.1) is 11.4 Å². The molecule has 6 heteroatoms. The van der Waals surface area contributed by atoms with Crippen LogP contribution in [-0.2, 0) is 9.53 Å². The summed E-state index contributed by atoms with van der Waals surface area (Å²) in [6.07, 6.45) is 0.696. The van der Waals surface area contributed by atoms with E-state index < -0.39 is 18.5 Å². The van der Waals surface area contributed by atoms with Crippen molar-refractivity contribution in [2.45, 2.75) is 33.2 Å². The second-order valence-electron chi connectivity index (χ2n) is 6.99. The number of rotatable bonds is 6. The summed E-state index contributed by atoms with van der Waals surface area (Å²) >= 11 is 0. The van der Waals surface area contributed by atoms with Gasteiger partial charge in [-0.25, -0.2) is 4.79 Å². The quantitative estimate of drug-likeness (QED) is 0.643. The van der Waals surface area contributed by atoms with Crippen molar-refractivity contribution in [3.63, 3.8) is 0 Å². The van der Waals surface area contributed by atoms with Gasteiger partial charge in [-0.2, -0.15) is 0 Å². The summed E-state index contributed by atoms with van der Waals surface area (Å²) in [5.41, 5.74) is 2.99. The minimum atomic E-state index is -0.858. The summed E-state index contributed by atoms with van der Waals surface area (Å²) in [7, 11) is 0. The number of aryl methyl sites for hydroxylation is 2. The lowest BCUT2D eigenvalue weighted by molar-refractivity contribution is -0.125. The molecule has 0 aliphatic heterocycles. The maximum atomic E-state index is 12.2. The van der Waals surface area contributed by atoms with Crippen LogP contribution in [0.4, 0.5) is 0 Å². The van der Waals surface area contributed by atoms with Gasteiger partial charge in [-0.15, -0.1) is 0 Å². The standard InChI is InChI=1S/C23H23NO5/c1-4-18(16-8-5-14(2)6-9-16)24-22(26)13-28-23(27)21-12-19(25)17-11-15(3)7-10-20(17)29-21/h5-12,18H,4,13H2,1-3H3,(H,24,26)/t18-/m0/s1. The Labute approximate surface area is 168 Å². The molecule has 0 bridgehead atoms. The van der Waals surface area contributed by atoms with Crippen molar-refractivity contribution >= 4 is 22.8 Å². The Kier molecular flexibility index (Phi) is 6.12. The van der Waals surface area contributed by atoms with E-state index in [2.05, 4.69) is 5.32 Å². The zero-order valence-corrected chi connectivity index (χ0v) is 16.7. The minimum absolute atomic E-state index is 0.177. The maximum Gasteiger partial charge on any atom is 0.374 e. The average molecular weight is 393 g/mol. The second kappa shape index (κ2) is 8.73. The lowest BCUT2D eigenvalue weighted by Gasteiger charge is -2.17. The van der Waals surface area contributed by atoms with E-state index in [1.165, 1.54) is 0 Å². The van der Waals surface area contributed by atoms with Crippen molar-refractivity contribution in [1.29, 1.82) is 0 Å². The summed E-state index contributed by atoms with van der Waals surface area (Å²) in [5.74, 6) is -1.52. The Morgan fingerprint density at radius 2 is 1.72 bits per heavy atom. The van der Waals surface area contributed by atoms with E-state index in [4.69, 9.17) is 9.15 Å². The lowest BCUT2D eigenvalue weighted by Crippen LogP contribution is -2.32. The van der Waals surface area contributed by atoms with Crippen LogP contribution in [0.5, 0.6) is 0 Å². The number of fused-ring (bicyclic) bond motifs is 1. The van der Waals surface area contributed by atoms with Gasteiger partial charge in [0.1, 0.15) is 5.58 Å². The smallest absolute Gasteiger partial charge is 0.374 e.